The van der Waals surface area contributed by atoms with Crippen LogP contribution in [0.25, 0.3) is 0 Å². The average Bonchev–Trinajstić information content (AvgIpc) is 2.51. The Hall–Kier alpha value is -2.34. The first-order valence-electron chi connectivity index (χ1n) is 7.29. The van der Waals surface area contributed by atoms with Gasteiger partial charge >= 0.3 is 0 Å². The highest BCUT2D eigenvalue weighted by molar-refractivity contribution is 5.77. The summed E-state index contributed by atoms with van der Waals surface area (Å²) in [5, 5.41) is 6.44. The molecule has 0 amide bonds. The van der Waals surface area contributed by atoms with Crippen LogP contribution in [-0.2, 0) is 4.74 Å². The second kappa shape index (κ2) is 7.61. The summed E-state index contributed by atoms with van der Waals surface area (Å²) in [6.07, 6.45) is 2.39. The number of nitrogens with zero attached hydrogens (tertiary/aromatic N) is 2. The maximum atomic E-state index is 6.13. The Bertz CT molecular complexity index is 630. The summed E-state index contributed by atoms with van der Waals surface area (Å²) >= 11 is 0. The predicted octanol–water partition coefficient (Wildman–Crippen LogP) is 2.87. The molecule has 6 nitrogen and oxygen atoms in total. The molecule has 22 heavy (non-hydrogen) atoms. The summed E-state index contributed by atoms with van der Waals surface area (Å²) in [7, 11) is 1.69. The van der Waals surface area contributed by atoms with Crippen LogP contribution in [-0.4, -0.2) is 30.2 Å². The van der Waals surface area contributed by atoms with E-state index in [1.54, 1.807) is 7.11 Å². The van der Waals surface area contributed by atoms with Crippen molar-refractivity contribution < 1.29 is 4.74 Å². The van der Waals surface area contributed by atoms with E-state index in [4.69, 9.17) is 10.5 Å². The summed E-state index contributed by atoms with van der Waals surface area (Å²) in [6, 6.07) is 6.15. The molecule has 1 aromatic carbocycles. The van der Waals surface area contributed by atoms with Crippen LogP contribution < -0.4 is 16.4 Å². The van der Waals surface area contributed by atoms with E-state index in [-0.39, 0.29) is 0 Å². The van der Waals surface area contributed by atoms with E-state index in [1.807, 2.05) is 6.07 Å². The fourth-order valence-corrected chi connectivity index (χ4v) is 2.02. The first-order valence-corrected chi connectivity index (χ1v) is 7.29. The molecule has 4 N–H and O–H groups in total. The Morgan fingerprint density at radius 3 is 2.64 bits per heavy atom. The summed E-state index contributed by atoms with van der Waals surface area (Å²) in [4.78, 5) is 8.40. The van der Waals surface area contributed by atoms with Crippen molar-refractivity contribution in [3.8, 4) is 0 Å². The Balaban J connectivity index is 2.09. The van der Waals surface area contributed by atoms with E-state index in [1.165, 1.54) is 17.5 Å². The van der Waals surface area contributed by atoms with E-state index >= 15 is 0 Å². The van der Waals surface area contributed by atoms with Crippen molar-refractivity contribution in [3.05, 3.63) is 35.7 Å². The lowest BCUT2D eigenvalue weighted by Crippen LogP contribution is -2.10. The first kappa shape index (κ1) is 16.0. The Morgan fingerprint density at radius 1 is 1.14 bits per heavy atom. The van der Waals surface area contributed by atoms with Crippen molar-refractivity contribution in [2.45, 2.75) is 20.3 Å². The average molecular weight is 301 g/mol. The Kier molecular flexibility index (Phi) is 5.55. The molecule has 0 spiro atoms. The van der Waals surface area contributed by atoms with Crippen molar-refractivity contribution in [1.82, 2.24) is 9.97 Å². The molecule has 0 saturated carbocycles. The van der Waals surface area contributed by atoms with Crippen molar-refractivity contribution in [3.63, 3.8) is 0 Å². The van der Waals surface area contributed by atoms with Gasteiger partial charge in [-0.2, -0.15) is 0 Å². The number of ether oxygens (including phenoxy) is 1. The van der Waals surface area contributed by atoms with Crippen molar-refractivity contribution in [2.24, 2.45) is 0 Å². The molecule has 0 atom stereocenters. The van der Waals surface area contributed by atoms with E-state index < -0.39 is 0 Å². The zero-order chi connectivity index (χ0) is 15.9. The minimum Gasteiger partial charge on any atom is -0.393 e. The van der Waals surface area contributed by atoms with Crippen molar-refractivity contribution >= 4 is 23.0 Å². The molecule has 1 aromatic heterocycles. The van der Waals surface area contributed by atoms with Crippen LogP contribution in [0.15, 0.2) is 24.5 Å². The van der Waals surface area contributed by atoms with Crippen LogP contribution in [0.2, 0.25) is 0 Å². The number of benzene rings is 1. The molecule has 0 aliphatic carbocycles. The molecule has 0 unspecified atom stereocenters. The van der Waals surface area contributed by atoms with Crippen molar-refractivity contribution in [1.29, 1.82) is 0 Å². The lowest BCUT2D eigenvalue weighted by molar-refractivity contribution is 0.198. The standard InChI is InChI=1S/C16H23N5O/c1-11-5-6-13(9-12(11)2)21-16-14(17)15(19-10-20-16)18-7-4-8-22-3/h5-6,9-10H,4,7-8,17H2,1-3H3,(H2,18,19,20,21). The van der Waals surface area contributed by atoms with Crippen LogP contribution >= 0.6 is 0 Å². The molecule has 118 valence electrons. The van der Waals surface area contributed by atoms with Crippen LogP contribution in [0, 0.1) is 13.8 Å². The number of anilines is 4. The maximum Gasteiger partial charge on any atom is 0.159 e. The van der Waals surface area contributed by atoms with E-state index in [2.05, 4.69) is 46.6 Å². The molecule has 2 aromatic rings. The number of hydrogen-bond donors (Lipinski definition) is 3. The van der Waals surface area contributed by atoms with Gasteiger partial charge in [0.2, 0.25) is 0 Å². The van der Waals surface area contributed by atoms with E-state index in [0.29, 0.717) is 23.9 Å². The van der Waals surface area contributed by atoms with Gasteiger partial charge in [-0.05, 0) is 43.5 Å². The zero-order valence-corrected chi connectivity index (χ0v) is 13.3. The normalized spacial score (nSPS) is 10.5. The number of methoxy groups -OCH3 is 1. The summed E-state index contributed by atoms with van der Waals surface area (Å²) in [5.41, 5.74) is 10.1. The van der Waals surface area contributed by atoms with E-state index in [9.17, 15) is 0 Å². The monoisotopic (exact) mass is 301 g/mol. The lowest BCUT2D eigenvalue weighted by Gasteiger charge is -2.13. The summed E-state index contributed by atoms with van der Waals surface area (Å²) in [6.45, 7) is 5.61. The number of nitrogens with one attached hydrogen (secondary N) is 2. The van der Waals surface area contributed by atoms with Gasteiger partial charge in [-0.3, -0.25) is 0 Å². The molecule has 0 bridgehead atoms. The van der Waals surface area contributed by atoms with Crippen molar-refractivity contribution in [2.75, 3.05) is 36.6 Å². The predicted molar refractivity (Wildman–Crippen MR) is 90.6 cm³/mol. The van der Waals surface area contributed by atoms with Gasteiger partial charge in [0.1, 0.15) is 12.0 Å². The fourth-order valence-electron chi connectivity index (χ4n) is 2.02. The van der Waals surface area contributed by atoms with E-state index in [0.717, 1.165) is 18.7 Å². The van der Waals surface area contributed by atoms with Gasteiger partial charge in [-0.25, -0.2) is 9.97 Å². The van der Waals surface area contributed by atoms with Gasteiger partial charge in [0.15, 0.2) is 11.6 Å². The quantitative estimate of drug-likeness (QED) is 0.682. The minimum atomic E-state index is 0.512. The highest BCUT2D eigenvalue weighted by atomic mass is 16.5. The molecule has 0 saturated heterocycles. The van der Waals surface area contributed by atoms with Crippen LogP contribution in [0.5, 0.6) is 0 Å². The number of rotatable bonds is 7. The van der Waals surface area contributed by atoms with Gasteiger partial charge in [0.25, 0.3) is 0 Å². The molecule has 6 heteroatoms. The van der Waals surface area contributed by atoms with Gasteiger partial charge in [-0.15, -0.1) is 0 Å². The SMILES string of the molecule is COCCCNc1ncnc(Nc2ccc(C)c(C)c2)c1N. The largest absolute Gasteiger partial charge is 0.393 e. The van der Waals surface area contributed by atoms with Crippen LogP contribution in [0.3, 0.4) is 0 Å². The Labute approximate surface area is 131 Å². The fraction of sp³-hybridized carbons (Fsp3) is 0.375. The number of nitrogen functional groups attached to an aromatic ring is 1. The zero-order valence-electron chi connectivity index (χ0n) is 13.3. The molecule has 1 heterocycles. The van der Waals surface area contributed by atoms with Crippen LogP contribution in [0.4, 0.5) is 23.0 Å². The molecule has 0 fully saturated rings. The highest BCUT2D eigenvalue weighted by Gasteiger charge is 2.08. The third kappa shape index (κ3) is 4.08. The smallest absolute Gasteiger partial charge is 0.159 e. The third-order valence-corrected chi connectivity index (χ3v) is 3.47. The first-order chi connectivity index (χ1) is 10.6. The number of aromatic nitrogens is 2. The second-order valence-corrected chi connectivity index (χ2v) is 5.18. The molecular weight excluding hydrogens is 278 g/mol. The maximum absolute atomic E-state index is 6.13. The lowest BCUT2D eigenvalue weighted by atomic mass is 10.1. The minimum absolute atomic E-state index is 0.512. The topological polar surface area (TPSA) is 85.1 Å². The van der Waals surface area contributed by atoms with Crippen LogP contribution in [0.1, 0.15) is 17.5 Å². The number of aryl methyl sites for hydroxylation is 2. The second-order valence-electron chi connectivity index (χ2n) is 5.18. The van der Waals surface area contributed by atoms with Gasteiger partial charge in [-0.1, -0.05) is 6.07 Å². The van der Waals surface area contributed by atoms with Gasteiger partial charge < -0.3 is 21.1 Å². The third-order valence-electron chi connectivity index (χ3n) is 3.47. The van der Waals surface area contributed by atoms with Gasteiger partial charge in [0.05, 0.1) is 0 Å². The number of hydrogen-bond acceptors (Lipinski definition) is 6. The van der Waals surface area contributed by atoms with Gasteiger partial charge in [0, 0.05) is 25.9 Å². The Morgan fingerprint density at radius 2 is 1.91 bits per heavy atom. The molecule has 0 aliphatic rings. The highest BCUT2D eigenvalue weighted by Crippen LogP contribution is 2.26. The summed E-state index contributed by atoms with van der Waals surface area (Å²) in [5.74, 6) is 1.24. The summed E-state index contributed by atoms with van der Waals surface area (Å²) < 4.78 is 5.02. The molecule has 2 rings (SSSR count). The number of nitrogens with two attached hydrogens (primary N) is 1. The molecule has 0 aliphatic heterocycles. The molecular formula is C16H23N5O. The molecule has 0 radical (unpaired) electrons.